The fourth-order valence-electron chi connectivity index (χ4n) is 5.32. The van der Waals surface area contributed by atoms with E-state index in [0.29, 0.717) is 33.8 Å². The molecule has 0 unspecified atom stereocenters. The second kappa shape index (κ2) is 12.0. The normalized spacial score (nSPS) is 13.4. The minimum Gasteiger partial charge on any atom is -0.507 e. The molecule has 0 fully saturated rings. The third kappa shape index (κ3) is 7.62. The van der Waals surface area contributed by atoms with Crippen LogP contribution in [0, 0.1) is 22.7 Å². The Bertz CT molecular complexity index is 1520. The average molecular weight is 589 g/mol. The Balaban J connectivity index is 2.19. The molecule has 0 radical (unpaired) electrons. The van der Waals surface area contributed by atoms with Gasteiger partial charge in [-0.3, -0.25) is 0 Å². The lowest BCUT2D eigenvalue weighted by atomic mass is 9.78. The minimum absolute atomic E-state index is 0.291. The summed E-state index contributed by atoms with van der Waals surface area (Å²) in [6.07, 6.45) is 3.70. The number of hydrogen-bond donors (Lipinski definition) is 2. The van der Waals surface area contributed by atoms with E-state index >= 15 is 0 Å². The Kier molecular flexibility index (Phi) is 9.34. The Labute approximate surface area is 265 Å². The second-order valence-electron chi connectivity index (χ2n) is 15.8. The molecule has 0 amide bonds. The Morgan fingerprint density at radius 2 is 0.795 bits per heavy atom. The fraction of sp³-hybridized carbons (Fsp3) is 0.400. The lowest BCUT2D eigenvalue weighted by Gasteiger charge is -2.28. The SMILES string of the molecule is CC(C)(C)c1cc(/C=C(\C#N)c2cccc(/C(C#N)=C/c3cc(C(C)(C)C)c(O)c(C(C)(C)C)c3)c2)cc(C(C)(C)C)c1O. The number of phenolic OH excluding ortho intramolecular Hbond substituents is 2. The highest BCUT2D eigenvalue weighted by molar-refractivity contribution is 5.94. The van der Waals surface area contributed by atoms with Gasteiger partial charge in [0.05, 0.1) is 23.3 Å². The molecule has 230 valence electrons. The molecule has 4 heteroatoms. The molecule has 3 aromatic carbocycles. The minimum atomic E-state index is -0.291. The first-order valence-corrected chi connectivity index (χ1v) is 15.2. The summed E-state index contributed by atoms with van der Waals surface area (Å²) in [4.78, 5) is 0. The highest BCUT2D eigenvalue weighted by atomic mass is 16.3. The molecule has 0 saturated carbocycles. The monoisotopic (exact) mass is 588 g/mol. The van der Waals surface area contributed by atoms with E-state index < -0.39 is 0 Å². The fourth-order valence-corrected chi connectivity index (χ4v) is 5.32. The standard InChI is InChI=1S/C40H48N2O2/c1-37(2,3)31-18-25(19-32(35(31)43)38(4,5)6)16-29(23-41)27-14-13-15-28(22-27)30(24-42)17-26-20-33(39(7,8)9)36(44)34(21-26)40(10,11)12/h13-22,43-44H,1-12H3/b29-16+,30-17+. The second-order valence-corrected chi connectivity index (χ2v) is 15.8. The van der Waals surface area contributed by atoms with Gasteiger partial charge in [-0.25, -0.2) is 0 Å². The Morgan fingerprint density at radius 3 is 1.02 bits per heavy atom. The Hall–Kier alpha value is -4.28. The summed E-state index contributed by atoms with van der Waals surface area (Å²) in [5.74, 6) is 0.592. The average Bonchev–Trinajstić information content (AvgIpc) is 2.89. The van der Waals surface area contributed by atoms with Crippen LogP contribution < -0.4 is 0 Å². The van der Waals surface area contributed by atoms with Gasteiger partial charge in [0.25, 0.3) is 0 Å². The summed E-state index contributed by atoms with van der Waals surface area (Å²) >= 11 is 0. The molecule has 0 aliphatic heterocycles. The lowest BCUT2D eigenvalue weighted by molar-refractivity contribution is 0.422. The molecular weight excluding hydrogens is 540 g/mol. The predicted octanol–water partition coefficient (Wildman–Crippen LogP) is 10.4. The topological polar surface area (TPSA) is 88.0 Å². The largest absolute Gasteiger partial charge is 0.507 e. The van der Waals surface area contributed by atoms with Gasteiger partial charge in [0.15, 0.2) is 0 Å². The van der Waals surface area contributed by atoms with E-state index in [0.717, 1.165) is 33.4 Å². The van der Waals surface area contributed by atoms with Crippen molar-refractivity contribution in [3.05, 3.63) is 93.0 Å². The van der Waals surface area contributed by atoms with Gasteiger partial charge in [-0.15, -0.1) is 0 Å². The molecule has 4 nitrogen and oxygen atoms in total. The highest BCUT2D eigenvalue weighted by Gasteiger charge is 2.28. The van der Waals surface area contributed by atoms with Gasteiger partial charge >= 0.3 is 0 Å². The summed E-state index contributed by atoms with van der Waals surface area (Å²) in [5, 5.41) is 42.8. The molecule has 3 rings (SSSR count). The number of phenols is 2. The molecule has 0 aliphatic rings. The van der Waals surface area contributed by atoms with Gasteiger partial charge in [-0.2, -0.15) is 10.5 Å². The molecule has 0 atom stereocenters. The molecule has 0 aliphatic carbocycles. The highest BCUT2D eigenvalue weighted by Crippen LogP contribution is 2.42. The van der Waals surface area contributed by atoms with Gasteiger partial charge in [0, 0.05) is 22.3 Å². The maximum atomic E-state index is 11.1. The molecule has 2 N–H and O–H groups in total. The number of nitriles is 2. The number of hydrogen-bond acceptors (Lipinski definition) is 4. The van der Waals surface area contributed by atoms with E-state index in [1.165, 1.54) is 0 Å². The molecule has 3 aromatic rings. The summed E-state index contributed by atoms with van der Waals surface area (Å²) in [6.45, 7) is 24.8. The van der Waals surface area contributed by atoms with Crippen molar-refractivity contribution in [1.29, 1.82) is 10.5 Å². The van der Waals surface area contributed by atoms with Crippen molar-refractivity contribution in [2.24, 2.45) is 0 Å². The van der Waals surface area contributed by atoms with Crippen molar-refractivity contribution < 1.29 is 10.2 Å². The molecule has 0 saturated heterocycles. The zero-order chi connectivity index (χ0) is 33.4. The lowest BCUT2D eigenvalue weighted by Crippen LogP contribution is -2.17. The summed E-state index contributed by atoms with van der Waals surface area (Å²) in [5.41, 5.74) is 6.15. The number of allylic oxidation sites excluding steroid dienone is 2. The van der Waals surface area contributed by atoms with E-state index in [-0.39, 0.29) is 21.7 Å². The molecular formula is C40H48N2O2. The zero-order valence-corrected chi connectivity index (χ0v) is 28.6. The van der Waals surface area contributed by atoms with Crippen LogP contribution in [-0.2, 0) is 21.7 Å². The van der Waals surface area contributed by atoms with Gasteiger partial charge in [0.1, 0.15) is 11.5 Å². The zero-order valence-electron chi connectivity index (χ0n) is 28.6. The Morgan fingerprint density at radius 1 is 0.523 bits per heavy atom. The van der Waals surface area contributed by atoms with Crippen LogP contribution in [0.15, 0.2) is 48.5 Å². The number of benzene rings is 3. The quantitative estimate of drug-likeness (QED) is 0.234. The molecule has 0 heterocycles. The first-order valence-electron chi connectivity index (χ1n) is 15.2. The van der Waals surface area contributed by atoms with Crippen molar-refractivity contribution in [3.8, 4) is 23.6 Å². The third-order valence-corrected chi connectivity index (χ3v) is 7.84. The van der Waals surface area contributed by atoms with Gasteiger partial charge in [-0.05, 0) is 86.4 Å². The van der Waals surface area contributed by atoms with E-state index in [1.807, 2.05) is 60.7 Å². The molecule has 44 heavy (non-hydrogen) atoms. The van der Waals surface area contributed by atoms with Crippen LogP contribution in [0.1, 0.15) is 128 Å². The van der Waals surface area contributed by atoms with E-state index in [2.05, 4.69) is 95.2 Å². The maximum absolute atomic E-state index is 11.1. The van der Waals surface area contributed by atoms with Crippen molar-refractivity contribution >= 4 is 23.3 Å². The summed E-state index contributed by atoms with van der Waals surface area (Å²) in [6, 6.07) is 20.0. The van der Waals surface area contributed by atoms with Crippen molar-refractivity contribution in [2.45, 2.75) is 105 Å². The van der Waals surface area contributed by atoms with Crippen molar-refractivity contribution in [3.63, 3.8) is 0 Å². The summed E-state index contributed by atoms with van der Waals surface area (Å²) in [7, 11) is 0. The van der Waals surface area contributed by atoms with Crippen molar-refractivity contribution in [1.82, 2.24) is 0 Å². The van der Waals surface area contributed by atoms with Crippen LogP contribution in [0.4, 0.5) is 0 Å². The molecule has 0 spiro atoms. The third-order valence-electron chi connectivity index (χ3n) is 7.84. The van der Waals surface area contributed by atoms with E-state index in [9.17, 15) is 20.7 Å². The van der Waals surface area contributed by atoms with Crippen LogP contribution in [-0.4, -0.2) is 10.2 Å². The van der Waals surface area contributed by atoms with Crippen LogP contribution in [0.2, 0.25) is 0 Å². The van der Waals surface area contributed by atoms with Crippen molar-refractivity contribution in [2.75, 3.05) is 0 Å². The summed E-state index contributed by atoms with van der Waals surface area (Å²) < 4.78 is 0. The maximum Gasteiger partial charge on any atom is 0.123 e. The first kappa shape index (κ1) is 34.2. The smallest absolute Gasteiger partial charge is 0.123 e. The van der Waals surface area contributed by atoms with E-state index in [1.54, 1.807) is 0 Å². The molecule has 0 aromatic heterocycles. The van der Waals surface area contributed by atoms with E-state index in [4.69, 9.17) is 0 Å². The predicted molar refractivity (Wildman–Crippen MR) is 184 cm³/mol. The number of aromatic hydroxyl groups is 2. The molecule has 0 bridgehead atoms. The first-order chi connectivity index (χ1) is 20.1. The van der Waals surface area contributed by atoms with Gasteiger partial charge in [0.2, 0.25) is 0 Å². The van der Waals surface area contributed by atoms with Gasteiger partial charge < -0.3 is 10.2 Å². The van der Waals surface area contributed by atoms with Crippen LogP contribution >= 0.6 is 0 Å². The van der Waals surface area contributed by atoms with Crippen LogP contribution in [0.3, 0.4) is 0 Å². The van der Waals surface area contributed by atoms with Crippen LogP contribution in [0.25, 0.3) is 23.3 Å². The van der Waals surface area contributed by atoms with Gasteiger partial charge in [-0.1, -0.05) is 101 Å². The number of rotatable bonds is 4. The van der Waals surface area contributed by atoms with Crippen LogP contribution in [0.5, 0.6) is 11.5 Å². The number of nitrogens with zero attached hydrogens (tertiary/aromatic N) is 2.